The van der Waals surface area contributed by atoms with Crippen LogP contribution in [0, 0.1) is 13.8 Å². The van der Waals surface area contributed by atoms with Crippen molar-refractivity contribution in [2.24, 2.45) is 0 Å². The van der Waals surface area contributed by atoms with Crippen LogP contribution < -0.4 is 0 Å². The Morgan fingerprint density at radius 1 is 1.27 bits per heavy atom. The highest BCUT2D eigenvalue weighted by Crippen LogP contribution is 2.38. The van der Waals surface area contributed by atoms with Crippen LogP contribution in [0.2, 0.25) is 0 Å². The molecular weight excluding hydrogens is 300 g/mol. The van der Waals surface area contributed by atoms with Crippen LogP contribution in [0.3, 0.4) is 0 Å². The molecule has 0 radical (unpaired) electrons. The number of rotatable bonds is 3. The summed E-state index contributed by atoms with van der Waals surface area (Å²) in [4.78, 5) is 7.09. The summed E-state index contributed by atoms with van der Waals surface area (Å²) in [7, 11) is 0. The number of aryl methyl sites for hydroxylation is 2. The molecule has 2 aliphatic heterocycles. The van der Waals surface area contributed by atoms with Gasteiger partial charge >= 0.3 is 0 Å². The van der Waals surface area contributed by atoms with Gasteiger partial charge in [0.1, 0.15) is 6.10 Å². The molecule has 0 aliphatic carbocycles. The molecule has 0 N–H and O–H groups in total. The van der Waals surface area contributed by atoms with E-state index < -0.39 is 0 Å². The van der Waals surface area contributed by atoms with Crippen LogP contribution >= 0.6 is 11.3 Å². The van der Waals surface area contributed by atoms with Crippen molar-refractivity contribution in [3.63, 3.8) is 0 Å². The molecule has 22 heavy (non-hydrogen) atoms. The zero-order chi connectivity index (χ0) is 15.1. The fourth-order valence-corrected chi connectivity index (χ4v) is 4.13. The maximum absolute atomic E-state index is 6.23. The molecule has 4 rings (SSSR count). The van der Waals surface area contributed by atoms with Gasteiger partial charge in [0.2, 0.25) is 11.8 Å². The lowest BCUT2D eigenvalue weighted by Gasteiger charge is -2.34. The molecule has 0 bridgehead atoms. The van der Waals surface area contributed by atoms with Crippen LogP contribution in [0.5, 0.6) is 0 Å². The van der Waals surface area contributed by atoms with E-state index >= 15 is 0 Å². The third kappa shape index (κ3) is 2.68. The Hall–Kier alpha value is -1.31. The smallest absolute Gasteiger partial charge is 0.245 e. The van der Waals surface area contributed by atoms with Crippen LogP contribution in [-0.2, 0) is 11.3 Å². The second-order valence-electron chi connectivity index (χ2n) is 6.08. The molecule has 0 unspecified atom stereocenters. The standard InChI is InChI=1S/C15H20N4O2S/c1-9-17-18-15(20-9)14-4-3-12-13(21-14)5-6-19(12)7-11-8-22-10(2)16-11/h8,12-14H,3-7H2,1-2H3/t12-,13-,14-/m0/s1. The van der Waals surface area contributed by atoms with Gasteiger partial charge in [-0.1, -0.05) is 0 Å². The average molecular weight is 320 g/mol. The van der Waals surface area contributed by atoms with E-state index in [1.807, 2.05) is 6.92 Å². The quantitative estimate of drug-likeness (QED) is 0.866. The van der Waals surface area contributed by atoms with Crippen molar-refractivity contribution in [3.8, 4) is 0 Å². The van der Waals surface area contributed by atoms with Gasteiger partial charge in [-0.2, -0.15) is 0 Å². The highest BCUT2D eigenvalue weighted by atomic mass is 32.1. The molecule has 2 fully saturated rings. The molecule has 6 nitrogen and oxygen atoms in total. The first-order valence-corrected chi connectivity index (χ1v) is 8.67. The molecule has 2 aromatic heterocycles. The number of hydrogen-bond donors (Lipinski definition) is 0. The monoisotopic (exact) mass is 320 g/mol. The summed E-state index contributed by atoms with van der Waals surface area (Å²) in [5.74, 6) is 1.23. The highest BCUT2D eigenvalue weighted by molar-refractivity contribution is 7.09. The molecule has 4 heterocycles. The molecule has 0 amide bonds. The van der Waals surface area contributed by atoms with Crippen molar-refractivity contribution in [3.05, 3.63) is 27.9 Å². The first kappa shape index (κ1) is 14.3. The summed E-state index contributed by atoms with van der Waals surface area (Å²) in [5.41, 5.74) is 1.18. The predicted molar refractivity (Wildman–Crippen MR) is 81.5 cm³/mol. The van der Waals surface area contributed by atoms with Gasteiger partial charge in [-0.15, -0.1) is 21.5 Å². The SMILES string of the molecule is Cc1nnc([C@@H]2CC[C@H]3[C@H](CCN3Cc3csc(C)n3)O2)o1. The number of thiazole rings is 1. The second-order valence-corrected chi connectivity index (χ2v) is 7.15. The largest absolute Gasteiger partial charge is 0.423 e. The zero-order valence-electron chi connectivity index (χ0n) is 12.9. The van der Waals surface area contributed by atoms with E-state index in [0.717, 1.165) is 37.4 Å². The summed E-state index contributed by atoms with van der Waals surface area (Å²) in [6.45, 7) is 5.87. The minimum absolute atomic E-state index is 0.0380. The van der Waals surface area contributed by atoms with E-state index in [0.29, 0.717) is 17.8 Å². The molecule has 0 saturated carbocycles. The third-order valence-corrected chi connectivity index (χ3v) is 5.33. The lowest BCUT2D eigenvalue weighted by atomic mass is 9.99. The van der Waals surface area contributed by atoms with E-state index in [4.69, 9.17) is 9.15 Å². The van der Waals surface area contributed by atoms with E-state index in [1.165, 1.54) is 5.69 Å². The summed E-state index contributed by atoms with van der Waals surface area (Å²) >= 11 is 1.72. The molecule has 3 atom stereocenters. The van der Waals surface area contributed by atoms with Gasteiger partial charge in [0.25, 0.3) is 0 Å². The molecule has 2 aromatic rings. The van der Waals surface area contributed by atoms with Gasteiger partial charge in [0, 0.05) is 31.4 Å². The van der Waals surface area contributed by atoms with Crippen LogP contribution in [0.15, 0.2) is 9.80 Å². The van der Waals surface area contributed by atoms with Crippen LogP contribution in [-0.4, -0.2) is 38.8 Å². The fourth-order valence-electron chi connectivity index (χ4n) is 3.52. The normalized spacial score (nSPS) is 28.9. The summed E-state index contributed by atoms with van der Waals surface area (Å²) in [6.07, 6.45) is 3.35. The second kappa shape index (κ2) is 5.72. The van der Waals surface area contributed by atoms with Gasteiger partial charge < -0.3 is 9.15 Å². The summed E-state index contributed by atoms with van der Waals surface area (Å²) in [6, 6.07) is 0.488. The molecular formula is C15H20N4O2S. The number of likely N-dealkylation sites (tertiary alicyclic amines) is 1. The molecule has 118 valence electrons. The van der Waals surface area contributed by atoms with Crippen molar-refractivity contribution in [2.75, 3.05) is 6.54 Å². The number of fused-ring (bicyclic) bond motifs is 1. The van der Waals surface area contributed by atoms with E-state index in [9.17, 15) is 0 Å². The van der Waals surface area contributed by atoms with Crippen molar-refractivity contribution in [1.29, 1.82) is 0 Å². The Kier molecular flexibility index (Phi) is 3.71. The third-order valence-electron chi connectivity index (χ3n) is 4.51. The highest BCUT2D eigenvalue weighted by Gasteiger charge is 2.41. The molecule has 7 heteroatoms. The number of nitrogens with zero attached hydrogens (tertiary/aromatic N) is 4. The van der Waals surface area contributed by atoms with E-state index in [-0.39, 0.29) is 12.2 Å². The van der Waals surface area contributed by atoms with Gasteiger partial charge in [-0.3, -0.25) is 4.90 Å². The van der Waals surface area contributed by atoms with Crippen LogP contribution in [0.25, 0.3) is 0 Å². The Balaban J connectivity index is 1.41. The van der Waals surface area contributed by atoms with Crippen LogP contribution in [0.1, 0.15) is 47.8 Å². The topological polar surface area (TPSA) is 64.3 Å². The number of hydrogen-bond acceptors (Lipinski definition) is 7. The Labute approximate surface area is 133 Å². The molecule has 0 spiro atoms. The average Bonchev–Trinajstić information content (AvgIpc) is 3.21. The van der Waals surface area contributed by atoms with Gasteiger partial charge in [-0.05, 0) is 26.2 Å². The number of ether oxygens (including phenoxy) is 1. The Morgan fingerprint density at radius 2 is 2.18 bits per heavy atom. The van der Waals surface area contributed by atoms with Gasteiger partial charge in [0.05, 0.1) is 16.8 Å². The first-order valence-electron chi connectivity index (χ1n) is 7.79. The zero-order valence-corrected chi connectivity index (χ0v) is 13.7. The van der Waals surface area contributed by atoms with Gasteiger partial charge in [-0.25, -0.2) is 4.98 Å². The van der Waals surface area contributed by atoms with Crippen molar-refractivity contribution < 1.29 is 9.15 Å². The predicted octanol–water partition coefficient (Wildman–Crippen LogP) is 2.64. The lowest BCUT2D eigenvalue weighted by Crippen LogP contribution is -2.40. The lowest BCUT2D eigenvalue weighted by molar-refractivity contribution is -0.0819. The van der Waals surface area contributed by atoms with Crippen molar-refractivity contribution in [1.82, 2.24) is 20.1 Å². The van der Waals surface area contributed by atoms with Crippen LogP contribution in [0.4, 0.5) is 0 Å². The van der Waals surface area contributed by atoms with E-state index in [2.05, 4.69) is 32.4 Å². The minimum atomic E-state index is -0.0380. The van der Waals surface area contributed by atoms with Gasteiger partial charge in [0.15, 0.2) is 0 Å². The Bertz CT molecular complexity index is 656. The Morgan fingerprint density at radius 3 is 2.91 bits per heavy atom. The fraction of sp³-hybridized carbons (Fsp3) is 0.667. The van der Waals surface area contributed by atoms with Crippen molar-refractivity contribution >= 4 is 11.3 Å². The number of aromatic nitrogens is 3. The molecule has 2 aliphatic rings. The molecule has 0 aromatic carbocycles. The maximum atomic E-state index is 6.23. The van der Waals surface area contributed by atoms with Crippen molar-refractivity contribution in [2.45, 2.75) is 57.9 Å². The maximum Gasteiger partial charge on any atom is 0.245 e. The first-order chi connectivity index (χ1) is 10.7. The van der Waals surface area contributed by atoms with E-state index in [1.54, 1.807) is 11.3 Å². The minimum Gasteiger partial charge on any atom is -0.423 e. The summed E-state index contributed by atoms with van der Waals surface area (Å²) < 4.78 is 11.8. The summed E-state index contributed by atoms with van der Waals surface area (Å²) in [5, 5.41) is 11.3. The molecule has 2 saturated heterocycles.